The molecule has 0 fully saturated rings. The van der Waals surface area contributed by atoms with Crippen LogP contribution in [0, 0.1) is 16.7 Å². The summed E-state index contributed by atoms with van der Waals surface area (Å²) in [5.41, 5.74) is 7.25. The summed E-state index contributed by atoms with van der Waals surface area (Å²) in [6.07, 6.45) is 0.509. The van der Waals surface area contributed by atoms with Crippen LogP contribution in [0.5, 0.6) is 0 Å². The average Bonchev–Trinajstić information content (AvgIpc) is 3.26. The molecule has 126 valence electrons. The van der Waals surface area contributed by atoms with Gasteiger partial charge in [0.25, 0.3) is 0 Å². The first-order chi connectivity index (χ1) is 12.0. The van der Waals surface area contributed by atoms with Gasteiger partial charge in [0.15, 0.2) is 5.82 Å². The number of aromatic nitrogens is 2. The number of nitrogens with zero attached hydrogens (tertiary/aromatic N) is 4. The zero-order valence-corrected chi connectivity index (χ0v) is 15.0. The number of aryl methyl sites for hydroxylation is 1. The first-order valence-electron chi connectivity index (χ1n) is 7.89. The van der Waals surface area contributed by atoms with Crippen LogP contribution in [0.2, 0.25) is 0 Å². The molecule has 0 aliphatic rings. The molecule has 1 atom stereocenters. The SMILES string of the molecule is Cn1nc(-c2cccs2)cc1/N=C(\N)C(C)(C#N)Cc1ccccc1. The summed E-state index contributed by atoms with van der Waals surface area (Å²) >= 11 is 1.62. The number of benzene rings is 1. The molecule has 5 nitrogen and oxygen atoms in total. The van der Waals surface area contributed by atoms with Gasteiger partial charge in [-0.3, -0.25) is 4.68 Å². The maximum absolute atomic E-state index is 9.69. The molecule has 0 saturated carbocycles. The minimum Gasteiger partial charge on any atom is -0.386 e. The van der Waals surface area contributed by atoms with E-state index in [9.17, 15) is 5.26 Å². The van der Waals surface area contributed by atoms with Crippen molar-refractivity contribution in [3.63, 3.8) is 0 Å². The zero-order valence-electron chi connectivity index (χ0n) is 14.2. The fourth-order valence-corrected chi connectivity index (χ4v) is 3.23. The largest absolute Gasteiger partial charge is 0.386 e. The molecule has 0 amide bonds. The molecule has 25 heavy (non-hydrogen) atoms. The Hall–Kier alpha value is -2.91. The maximum Gasteiger partial charge on any atom is 0.152 e. The first kappa shape index (κ1) is 16.9. The number of amidine groups is 1. The molecule has 0 aliphatic carbocycles. The summed E-state index contributed by atoms with van der Waals surface area (Å²) in [5.74, 6) is 0.926. The van der Waals surface area contributed by atoms with Crippen molar-refractivity contribution in [3.8, 4) is 16.6 Å². The van der Waals surface area contributed by atoms with Crippen molar-refractivity contribution in [1.29, 1.82) is 5.26 Å². The van der Waals surface area contributed by atoms with E-state index in [1.165, 1.54) is 0 Å². The standard InChI is InChI=1S/C19H19N5S/c1-19(13-20,12-14-7-4-3-5-8-14)18(21)22-17-11-15(23-24(17)2)16-9-6-10-25-16/h3-11H,12H2,1-2H3,(H2,21,22). The van der Waals surface area contributed by atoms with E-state index >= 15 is 0 Å². The Morgan fingerprint density at radius 1 is 1.32 bits per heavy atom. The summed E-state index contributed by atoms with van der Waals surface area (Å²) in [7, 11) is 1.82. The van der Waals surface area contributed by atoms with Gasteiger partial charge in [-0.1, -0.05) is 36.4 Å². The third-order valence-electron chi connectivity index (χ3n) is 4.08. The fourth-order valence-electron chi connectivity index (χ4n) is 2.55. The van der Waals surface area contributed by atoms with E-state index in [2.05, 4.69) is 16.2 Å². The van der Waals surface area contributed by atoms with E-state index in [-0.39, 0.29) is 0 Å². The van der Waals surface area contributed by atoms with Crippen LogP contribution in [0.4, 0.5) is 5.82 Å². The number of hydrogen-bond donors (Lipinski definition) is 1. The number of nitriles is 1. The van der Waals surface area contributed by atoms with Gasteiger partial charge in [-0.05, 0) is 30.4 Å². The summed E-state index contributed by atoms with van der Waals surface area (Å²) < 4.78 is 1.68. The van der Waals surface area contributed by atoms with Gasteiger partial charge in [0, 0.05) is 13.1 Å². The topological polar surface area (TPSA) is 80.0 Å². The van der Waals surface area contributed by atoms with Crippen LogP contribution in [0.25, 0.3) is 10.6 Å². The molecule has 2 aromatic heterocycles. The molecule has 2 heterocycles. The third-order valence-corrected chi connectivity index (χ3v) is 4.97. The van der Waals surface area contributed by atoms with Gasteiger partial charge in [0.05, 0.1) is 10.9 Å². The van der Waals surface area contributed by atoms with Crippen molar-refractivity contribution in [2.24, 2.45) is 23.2 Å². The highest BCUT2D eigenvalue weighted by Crippen LogP contribution is 2.29. The Kier molecular flexibility index (Phi) is 4.68. The lowest BCUT2D eigenvalue weighted by Gasteiger charge is -2.21. The van der Waals surface area contributed by atoms with Gasteiger partial charge in [-0.15, -0.1) is 11.3 Å². The van der Waals surface area contributed by atoms with Crippen LogP contribution >= 0.6 is 11.3 Å². The van der Waals surface area contributed by atoms with Gasteiger partial charge >= 0.3 is 0 Å². The van der Waals surface area contributed by atoms with E-state index in [0.29, 0.717) is 18.1 Å². The Labute approximate surface area is 151 Å². The van der Waals surface area contributed by atoms with Crippen LogP contribution in [-0.4, -0.2) is 15.6 Å². The molecule has 3 rings (SSSR count). The van der Waals surface area contributed by atoms with Gasteiger partial charge in [0.1, 0.15) is 16.9 Å². The summed E-state index contributed by atoms with van der Waals surface area (Å²) in [6.45, 7) is 1.81. The Morgan fingerprint density at radius 3 is 2.72 bits per heavy atom. The molecule has 3 aromatic rings. The molecule has 0 spiro atoms. The van der Waals surface area contributed by atoms with Crippen molar-refractivity contribution in [2.45, 2.75) is 13.3 Å². The van der Waals surface area contributed by atoms with E-state index in [1.54, 1.807) is 16.0 Å². The lowest BCUT2D eigenvalue weighted by atomic mass is 9.84. The van der Waals surface area contributed by atoms with Crippen molar-refractivity contribution in [1.82, 2.24) is 9.78 Å². The molecule has 0 aliphatic heterocycles. The first-order valence-corrected chi connectivity index (χ1v) is 8.77. The fraction of sp³-hybridized carbons (Fsp3) is 0.211. The van der Waals surface area contributed by atoms with Crippen LogP contribution < -0.4 is 5.73 Å². The van der Waals surface area contributed by atoms with Crippen LogP contribution in [0.15, 0.2) is 58.9 Å². The number of hydrogen-bond acceptors (Lipinski definition) is 4. The van der Waals surface area contributed by atoms with Crippen molar-refractivity contribution < 1.29 is 0 Å². The molecule has 1 aromatic carbocycles. The number of aliphatic imine (C=N–C) groups is 1. The van der Waals surface area contributed by atoms with E-state index < -0.39 is 5.41 Å². The predicted octanol–water partition coefficient (Wildman–Crippen LogP) is 3.91. The molecular weight excluding hydrogens is 330 g/mol. The van der Waals surface area contributed by atoms with E-state index in [0.717, 1.165) is 16.1 Å². The van der Waals surface area contributed by atoms with Gasteiger partial charge in [0.2, 0.25) is 0 Å². The minimum atomic E-state index is -0.880. The molecule has 1 unspecified atom stereocenters. The van der Waals surface area contributed by atoms with Gasteiger partial charge in [-0.25, -0.2) is 4.99 Å². The molecule has 0 bridgehead atoms. The van der Waals surface area contributed by atoms with E-state index in [4.69, 9.17) is 5.73 Å². The third kappa shape index (κ3) is 3.62. The number of thiophene rings is 1. The van der Waals surface area contributed by atoms with Crippen LogP contribution in [0.1, 0.15) is 12.5 Å². The van der Waals surface area contributed by atoms with Crippen molar-refractivity contribution in [2.75, 3.05) is 0 Å². The normalized spacial score (nSPS) is 14.0. The lowest BCUT2D eigenvalue weighted by molar-refractivity contribution is 0.601. The highest BCUT2D eigenvalue weighted by Gasteiger charge is 2.30. The molecule has 6 heteroatoms. The quantitative estimate of drug-likeness (QED) is 0.560. The second-order valence-electron chi connectivity index (χ2n) is 6.09. The predicted molar refractivity (Wildman–Crippen MR) is 102 cm³/mol. The molecule has 2 N–H and O–H groups in total. The highest BCUT2D eigenvalue weighted by molar-refractivity contribution is 7.13. The Morgan fingerprint density at radius 2 is 2.08 bits per heavy atom. The Bertz CT molecular complexity index is 919. The molecule has 0 radical (unpaired) electrons. The summed E-state index contributed by atoms with van der Waals surface area (Å²) in [6, 6.07) is 18.0. The molecule has 0 saturated heterocycles. The number of nitrogens with two attached hydrogens (primary N) is 1. The monoisotopic (exact) mass is 349 g/mol. The Balaban J connectivity index is 1.90. The lowest BCUT2D eigenvalue weighted by Crippen LogP contribution is -2.35. The maximum atomic E-state index is 9.69. The van der Waals surface area contributed by atoms with Crippen molar-refractivity contribution >= 4 is 23.0 Å². The smallest absolute Gasteiger partial charge is 0.152 e. The van der Waals surface area contributed by atoms with E-state index in [1.807, 2.05) is 67.9 Å². The zero-order chi connectivity index (χ0) is 17.9. The second-order valence-corrected chi connectivity index (χ2v) is 7.04. The van der Waals surface area contributed by atoms with Gasteiger partial charge in [-0.2, -0.15) is 10.4 Å². The van der Waals surface area contributed by atoms with Crippen LogP contribution in [0.3, 0.4) is 0 Å². The second kappa shape index (κ2) is 6.91. The minimum absolute atomic E-state index is 0.291. The summed E-state index contributed by atoms with van der Waals surface area (Å²) in [4.78, 5) is 5.58. The van der Waals surface area contributed by atoms with Crippen molar-refractivity contribution in [3.05, 3.63) is 59.5 Å². The molecular formula is C19H19N5S. The average molecular weight is 349 g/mol. The number of rotatable bonds is 5. The highest BCUT2D eigenvalue weighted by atomic mass is 32.1. The summed E-state index contributed by atoms with van der Waals surface area (Å²) in [5, 5.41) is 16.2. The van der Waals surface area contributed by atoms with Gasteiger partial charge < -0.3 is 5.73 Å². The van der Waals surface area contributed by atoms with Crippen LogP contribution in [-0.2, 0) is 13.5 Å².